The largest absolute Gasteiger partial charge is 0.478 e. The van der Waals surface area contributed by atoms with Gasteiger partial charge in [-0.1, -0.05) is 12.1 Å². The Morgan fingerprint density at radius 1 is 1.10 bits per heavy atom. The van der Waals surface area contributed by atoms with E-state index in [0.29, 0.717) is 43.9 Å². The molecule has 1 N–H and O–H groups in total. The Labute approximate surface area is 170 Å². The van der Waals surface area contributed by atoms with Gasteiger partial charge in [0.05, 0.1) is 16.5 Å². The van der Waals surface area contributed by atoms with Gasteiger partial charge in [0, 0.05) is 13.1 Å². The van der Waals surface area contributed by atoms with Crippen LogP contribution in [-0.2, 0) is 30.4 Å². The van der Waals surface area contributed by atoms with Crippen molar-refractivity contribution in [3.63, 3.8) is 0 Å². The molecule has 4 rings (SSSR count). The third-order valence-electron chi connectivity index (χ3n) is 6.17. The number of likely N-dealkylation sites (tertiary alicyclic amines) is 1. The lowest BCUT2D eigenvalue weighted by Gasteiger charge is -2.33. The fourth-order valence-electron chi connectivity index (χ4n) is 4.54. The predicted molar refractivity (Wildman–Crippen MR) is 99.3 cm³/mol. The molecule has 1 aliphatic carbocycles. The third-order valence-corrected chi connectivity index (χ3v) is 6.17. The van der Waals surface area contributed by atoms with Crippen LogP contribution in [0.1, 0.15) is 45.5 Å². The van der Waals surface area contributed by atoms with E-state index in [4.69, 9.17) is 0 Å². The Kier molecular flexibility index (Phi) is 4.83. The zero-order valence-electron chi connectivity index (χ0n) is 15.9. The van der Waals surface area contributed by atoms with Gasteiger partial charge < -0.3 is 10.0 Å². The number of carbonyl (C=O) groups is 2. The predicted octanol–water partition coefficient (Wildman–Crippen LogP) is 4.45. The third kappa shape index (κ3) is 3.55. The van der Waals surface area contributed by atoms with Crippen molar-refractivity contribution in [2.75, 3.05) is 6.54 Å². The molecule has 0 bridgehead atoms. The number of hydrogen-bond acceptors (Lipinski definition) is 2. The Morgan fingerprint density at radius 2 is 1.87 bits per heavy atom. The zero-order valence-corrected chi connectivity index (χ0v) is 15.9. The van der Waals surface area contributed by atoms with Crippen molar-refractivity contribution in [2.24, 2.45) is 5.41 Å². The quantitative estimate of drug-likeness (QED) is 0.745. The van der Waals surface area contributed by atoms with Gasteiger partial charge in [0.25, 0.3) is 0 Å². The first kappa shape index (κ1) is 20.4. The van der Waals surface area contributed by atoms with Crippen LogP contribution in [-0.4, -0.2) is 28.4 Å². The molecule has 158 valence electrons. The maximum Gasteiger partial charge on any atom is 0.419 e. The second kappa shape index (κ2) is 7.11. The van der Waals surface area contributed by atoms with E-state index in [2.05, 4.69) is 0 Å². The van der Waals surface area contributed by atoms with E-state index in [1.54, 1.807) is 23.1 Å². The maximum atomic E-state index is 13.9. The lowest BCUT2D eigenvalue weighted by molar-refractivity contribution is -0.140. The van der Waals surface area contributed by atoms with Crippen molar-refractivity contribution in [1.29, 1.82) is 0 Å². The Bertz CT molecular complexity index is 1030. The first-order valence-corrected chi connectivity index (χ1v) is 9.59. The monoisotopic (exact) mass is 421 g/mol. The molecule has 0 saturated carbocycles. The van der Waals surface area contributed by atoms with E-state index in [-0.39, 0.29) is 18.0 Å². The van der Waals surface area contributed by atoms with Crippen molar-refractivity contribution >= 4 is 11.9 Å². The average Bonchev–Trinajstić information content (AvgIpc) is 2.96. The number of fused-ring (bicyclic) bond motifs is 1. The summed E-state index contributed by atoms with van der Waals surface area (Å²) in [6, 6.07) is 7.68. The molecule has 1 aliphatic heterocycles. The van der Waals surface area contributed by atoms with Gasteiger partial charge in [0.2, 0.25) is 5.91 Å². The molecule has 0 aromatic heterocycles. The van der Waals surface area contributed by atoms with Crippen LogP contribution in [0.3, 0.4) is 0 Å². The second-order valence-corrected chi connectivity index (χ2v) is 8.03. The lowest BCUT2D eigenvalue weighted by atomic mass is 9.70. The van der Waals surface area contributed by atoms with Gasteiger partial charge in [0.15, 0.2) is 0 Å². The average molecular weight is 421 g/mol. The number of carbonyl (C=O) groups excluding carboxylic acids is 1. The first-order chi connectivity index (χ1) is 14.1. The molecule has 1 saturated heterocycles. The van der Waals surface area contributed by atoms with E-state index in [1.165, 1.54) is 6.07 Å². The molecular formula is C22H19F4NO3. The number of halogens is 4. The van der Waals surface area contributed by atoms with E-state index in [9.17, 15) is 32.3 Å². The smallest absolute Gasteiger partial charge is 0.419 e. The minimum absolute atomic E-state index is 0.0393. The number of aryl methyl sites for hydroxylation is 1. The number of aromatic carboxylic acids is 1. The Morgan fingerprint density at radius 3 is 2.53 bits per heavy atom. The highest BCUT2D eigenvalue weighted by Gasteiger charge is 2.48. The molecule has 1 heterocycles. The molecule has 1 atom stereocenters. The highest BCUT2D eigenvalue weighted by molar-refractivity contribution is 5.89. The molecule has 1 fully saturated rings. The van der Waals surface area contributed by atoms with Crippen molar-refractivity contribution in [3.05, 3.63) is 70.0 Å². The van der Waals surface area contributed by atoms with E-state index < -0.39 is 28.9 Å². The zero-order chi connectivity index (χ0) is 21.7. The Balaban J connectivity index is 1.52. The molecule has 0 unspecified atom stereocenters. The van der Waals surface area contributed by atoms with Gasteiger partial charge in [-0.2, -0.15) is 13.2 Å². The van der Waals surface area contributed by atoms with Gasteiger partial charge in [-0.3, -0.25) is 4.79 Å². The summed E-state index contributed by atoms with van der Waals surface area (Å²) in [7, 11) is 0. The fraction of sp³-hybridized carbons (Fsp3) is 0.364. The standard InChI is InChI=1S/C22H19F4NO3/c23-18-9-13(1-4-17(18)22(24,25)26)12-27-8-7-21(20(27)30)6-5-14-2-3-15(19(28)29)10-16(14)11-21/h1-4,9-10H,5-8,11-12H2,(H,28,29)/t21-/m0/s1. The summed E-state index contributed by atoms with van der Waals surface area (Å²) in [5.41, 5.74) is 0.380. The minimum atomic E-state index is -4.76. The second-order valence-electron chi connectivity index (χ2n) is 8.03. The number of rotatable bonds is 3. The topological polar surface area (TPSA) is 57.6 Å². The van der Waals surface area contributed by atoms with Crippen LogP contribution in [0.4, 0.5) is 17.6 Å². The Hall–Kier alpha value is -2.90. The molecule has 30 heavy (non-hydrogen) atoms. The van der Waals surface area contributed by atoms with Crippen LogP contribution >= 0.6 is 0 Å². The van der Waals surface area contributed by atoms with Crippen LogP contribution in [0.2, 0.25) is 0 Å². The molecule has 1 spiro atoms. The summed E-state index contributed by atoms with van der Waals surface area (Å²) >= 11 is 0. The number of hydrogen-bond donors (Lipinski definition) is 1. The molecule has 2 aromatic rings. The van der Waals surface area contributed by atoms with Crippen molar-refractivity contribution in [1.82, 2.24) is 4.90 Å². The van der Waals surface area contributed by atoms with Gasteiger partial charge in [-0.25, -0.2) is 9.18 Å². The molecule has 8 heteroatoms. The van der Waals surface area contributed by atoms with Crippen LogP contribution in [0.25, 0.3) is 0 Å². The summed E-state index contributed by atoms with van der Waals surface area (Å²) in [5, 5.41) is 9.22. The van der Waals surface area contributed by atoms with Crippen LogP contribution in [0.5, 0.6) is 0 Å². The summed E-state index contributed by atoms with van der Waals surface area (Å²) in [4.78, 5) is 26.0. The summed E-state index contributed by atoms with van der Waals surface area (Å²) in [6.07, 6.45) is -2.47. The molecule has 2 aliphatic rings. The molecule has 1 amide bonds. The van der Waals surface area contributed by atoms with Crippen molar-refractivity contribution < 1.29 is 32.3 Å². The highest BCUT2D eigenvalue weighted by atomic mass is 19.4. The van der Waals surface area contributed by atoms with Gasteiger partial charge >= 0.3 is 12.1 Å². The van der Waals surface area contributed by atoms with Crippen molar-refractivity contribution in [3.8, 4) is 0 Å². The van der Waals surface area contributed by atoms with Crippen LogP contribution in [0, 0.1) is 11.2 Å². The SMILES string of the molecule is O=C(O)c1ccc2c(c1)C[C@]1(CC2)CCN(Cc2ccc(C(F)(F)F)c(F)c2)C1=O. The van der Waals surface area contributed by atoms with E-state index >= 15 is 0 Å². The van der Waals surface area contributed by atoms with Gasteiger partial charge in [-0.15, -0.1) is 0 Å². The maximum absolute atomic E-state index is 13.9. The molecule has 0 radical (unpaired) electrons. The number of carboxylic acids is 1. The van der Waals surface area contributed by atoms with Crippen LogP contribution in [0.15, 0.2) is 36.4 Å². The highest BCUT2D eigenvalue weighted by Crippen LogP contribution is 2.44. The number of amides is 1. The summed E-state index contributed by atoms with van der Waals surface area (Å²) in [5.74, 6) is -2.50. The fourth-order valence-corrected chi connectivity index (χ4v) is 4.54. The first-order valence-electron chi connectivity index (χ1n) is 9.59. The van der Waals surface area contributed by atoms with Crippen LogP contribution < -0.4 is 0 Å². The number of alkyl halides is 3. The minimum Gasteiger partial charge on any atom is -0.478 e. The normalized spacial score (nSPS) is 21.2. The lowest BCUT2D eigenvalue weighted by Crippen LogP contribution is -2.38. The van der Waals surface area contributed by atoms with Gasteiger partial charge in [-0.05, 0) is 66.6 Å². The van der Waals surface area contributed by atoms with Gasteiger partial charge in [0.1, 0.15) is 5.82 Å². The number of carboxylic acid groups (broad SMARTS) is 1. The van der Waals surface area contributed by atoms with E-state index in [1.807, 2.05) is 0 Å². The molecule has 2 aromatic carbocycles. The molecule has 4 nitrogen and oxygen atoms in total. The summed E-state index contributed by atoms with van der Waals surface area (Å²) in [6.45, 7) is 0.465. The summed E-state index contributed by atoms with van der Waals surface area (Å²) < 4.78 is 52.1. The molecular weight excluding hydrogens is 402 g/mol. The number of nitrogens with zero attached hydrogens (tertiary/aromatic N) is 1. The van der Waals surface area contributed by atoms with Crippen molar-refractivity contribution in [2.45, 2.75) is 38.4 Å². The number of benzene rings is 2. The van der Waals surface area contributed by atoms with E-state index in [0.717, 1.165) is 17.2 Å².